The van der Waals surface area contributed by atoms with Gasteiger partial charge in [-0.25, -0.2) is 4.39 Å². The minimum absolute atomic E-state index is 0.128. The molecule has 0 spiro atoms. The summed E-state index contributed by atoms with van der Waals surface area (Å²) < 4.78 is 15.6. The number of nitrogens with zero attached hydrogens (tertiary/aromatic N) is 2. The van der Waals surface area contributed by atoms with E-state index in [1.165, 1.54) is 17.8 Å². The first-order valence-corrected chi connectivity index (χ1v) is 9.68. The second kappa shape index (κ2) is 7.29. The van der Waals surface area contributed by atoms with Crippen LogP contribution in [0.15, 0.2) is 32.6 Å². The molecule has 0 bridgehead atoms. The maximum Gasteiger partial charge on any atom is 0.279 e. The summed E-state index contributed by atoms with van der Waals surface area (Å²) in [5.74, 6) is 0.297. The smallest absolute Gasteiger partial charge is 0.279 e. The predicted molar refractivity (Wildman–Crippen MR) is 99.7 cm³/mol. The summed E-state index contributed by atoms with van der Waals surface area (Å²) in [6.45, 7) is 2.05. The van der Waals surface area contributed by atoms with Crippen molar-refractivity contribution in [3.8, 4) is 0 Å². The number of thioether (sulfide) groups is 1. The van der Waals surface area contributed by atoms with E-state index < -0.39 is 5.92 Å². The fraction of sp³-hybridized carbons (Fsp3) is 0.353. The third-order valence-electron chi connectivity index (χ3n) is 4.08. The summed E-state index contributed by atoms with van der Waals surface area (Å²) in [7, 11) is 1.78. The van der Waals surface area contributed by atoms with Crippen molar-refractivity contribution >= 4 is 39.4 Å². The molecule has 1 aliphatic rings. The molecular formula is C17H17BrFN3O2S. The van der Waals surface area contributed by atoms with Crippen molar-refractivity contribution in [2.75, 3.05) is 11.1 Å². The molecule has 1 amide bonds. The molecule has 1 aromatic carbocycles. The fourth-order valence-electron chi connectivity index (χ4n) is 2.87. The Labute approximate surface area is 157 Å². The number of fused-ring (bicyclic) bond motifs is 1. The van der Waals surface area contributed by atoms with Crippen LogP contribution in [-0.4, -0.2) is 21.2 Å². The zero-order chi connectivity index (χ0) is 18.1. The predicted octanol–water partition coefficient (Wildman–Crippen LogP) is 3.66. The van der Waals surface area contributed by atoms with Crippen LogP contribution in [0.2, 0.25) is 0 Å². The summed E-state index contributed by atoms with van der Waals surface area (Å²) in [6.07, 6.45) is 1.08. The van der Waals surface area contributed by atoms with Gasteiger partial charge in [0, 0.05) is 25.1 Å². The van der Waals surface area contributed by atoms with Crippen LogP contribution in [-0.2, 0) is 11.8 Å². The first-order chi connectivity index (χ1) is 11.9. The first kappa shape index (κ1) is 18.1. The average Bonchev–Trinajstić information content (AvgIpc) is 2.58. The highest BCUT2D eigenvalue weighted by Gasteiger charge is 2.32. The highest BCUT2D eigenvalue weighted by Crippen LogP contribution is 2.36. The number of rotatable bonds is 4. The Bertz CT molecular complexity index is 900. The maximum atomic E-state index is 13.5. The summed E-state index contributed by atoms with van der Waals surface area (Å²) >= 11 is 4.64. The molecule has 8 heteroatoms. The van der Waals surface area contributed by atoms with E-state index in [-0.39, 0.29) is 23.7 Å². The van der Waals surface area contributed by atoms with Crippen LogP contribution in [0.4, 0.5) is 10.2 Å². The molecule has 0 fully saturated rings. The third kappa shape index (κ3) is 3.50. The molecule has 1 aliphatic heterocycles. The van der Waals surface area contributed by atoms with E-state index in [4.69, 9.17) is 0 Å². The molecule has 5 nitrogen and oxygen atoms in total. The van der Waals surface area contributed by atoms with E-state index in [2.05, 4.69) is 26.2 Å². The topological polar surface area (TPSA) is 64.0 Å². The fourth-order valence-corrected chi connectivity index (χ4v) is 4.09. The Kier molecular flexibility index (Phi) is 5.29. The second-order valence-corrected chi connectivity index (χ2v) is 7.76. The van der Waals surface area contributed by atoms with E-state index in [1.807, 2.05) is 6.92 Å². The summed E-state index contributed by atoms with van der Waals surface area (Å²) in [6, 6.07) is 4.54. The van der Waals surface area contributed by atoms with Crippen LogP contribution >= 0.6 is 27.7 Å². The monoisotopic (exact) mass is 425 g/mol. The van der Waals surface area contributed by atoms with Gasteiger partial charge in [-0.05, 0) is 40.0 Å². The van der Waals surface area contributed by atoms with Crippen molar-refractivity contribution in [1.82, 2.24) is 9.55 Å². The van der Waals surface area contributed by atoms with E-state index in [9.17, 15) is 14.0 Å². The van der Waals surface area contributed by atoms with Crippen molar-refractivity contribution < 1.29 is 9.18 Å². The van der Waals surface area contributed by atoms with Crippen molar-refractivity contribution in [3.63, 3.8) is 0 Å². The third-order valence-corrected chi connectivity index (χ3v) is 5.93. The highest BCUT2D eigenvalue weighted by molar-refractivity contribution is 9.10. The molecule has 3 rings (SSSR count). The van der Waals surface area contributed by atoms with Crippen molar-refractivity contribution in [2.45, 2.75) is 30.8 Å². The van der Waals surface area contributed by atoms with Crippen molar-refractivity contribution in [3.05, 3.63) is 50.0 Å². The van der Waals surface area contributed by atoms with E-state index in [1.54, 1.807) is 23.7 Å². The Morgan fingerprint density at radius 1 is 1.44 bits per heavy atom. The zero-order valence-electron chi connectivity index (χ0n) is 13.8. The van der Waals surface area contributed by atoms with Gasteiger partial charge in [-0.1, -0.05) is 24.8 Å². The molecule has 1 N–H and O–H groups in total. The standard InChI is InChI=1S/C17H17BrFN3O2S/c1-3-6-25-17-21-16(24)14-10(8-13(23)20-15(14)22(17)2)9-4-5-12(19)11(18)7-9/h4-5,7,10H,3,6,8H2,1-2H3,(H,20,23). The second-order valence-electron chi connectivity index (χ2n) is 5.85. The van der Waals surface area contributed by atoms with Gasteiger partial charge < -0.3 is 9.88 Å². The normalized spacial score (nSPS) is 16.5. The number of anilines is 1. The van der Waals surface area contributed by atoms with Gasteiger partial charge in [-0.15, -0.1) is 0 Å². The number of carbonyl (C=O) groups is 1. The van der Waals surface area contributed by atoms with Crippen LogP contribution in [0, 0.1) is 5.82 Å². The highest BCUT2D eigenvalue weighted by atomic mass is 79.9. The lowest BCUT2D eigenvalue weighted by molar-refractivity contribution is -0.116. The van der Waals surface area contributed by atoms with Gasteiger partial charge in [-0.3, -0.25) is 9.59 Å². The maximum absolute atomic E-state index is 13.5. The molecule has 25 heavy (non-hydrogen) atoms. The van der Waals surface area contributed by atoms with E-state index in [0.717, 1.165) is 12.2 Å². The Morgan fingerprint density at radius 2 is 2.20 bits per heavy atom. The summed E-state index contributed by atoms with van der Waals surface area (Å²) in [4.78, 5) is 29.1. The molecular weight excluding hydrogens is 409 g/mol. The lowest BCUT2D eigenvalue weighted by atomic mass is 9.87. The van der Waals surface area contributed by atoms with Crippen molar-refractivity contribution in [2.24, 2.45) is 7.05 Å². The zero-order valence-corrected chi connectivity index (χ0v) is 16.2. The van der Waals surface area contributed by atoms with Gasteiger partial charge in [0.25, 0.3) is 5.56 Å². The molecule has 132 valence electrons. The van der Waals surface area contributed by atoms with Crippen LogP contribution < -0.4 is 10.9 Å². The minimum atomic E-state index is -0.447. The minimum Gasteiger partial charge on any atom is -0.312 e. The van der Waals surface area contributed by atoms with E-state index >= 15 is 0 Å². The van der Waals surface area contributed by atoms with Gasteiger partial charge >= 0.3 is 0 Å². The molecule has 0 radical (unpaired) electrons. The number of amides is 1. The van der Waals surface area contributed by atoms with Gasteiger partial charge in [0.05, 0.1) is 10.0 Å². The molecule has 2 heterocycles. The van der Waals surface area contributed by atoms with E-state index in [0.29, 0.717) is 26.6 Å². The molecule has 0 saturated heterocycles. The lowest BCUT2D eigenvalue weighted by Crippen LogP contribution is -2.33. The molecule has 0 aliphatic carbocycles. The number of benzene rings is 1. The number of hydrogen-bond acceptors (Lipinski definition) is 4. The lowest BCUT2D eigenvalue weighted by Gasteiger charge is -2.27. The molecule has 1 aromatic heterocycles. The number of carbonyl (C=O) groups excluding carboxylic acids is 1. The molecule has 2 aromatic rings. The Hall–Kier alpha value is -1.67. The van der Waals surface area contributed by atoms with Crippen LogP contribution in [0.5, 0.6) is 0 Å². The van der Waals surface area contributed by atoms with Crippen molar-refractivity contribution in [1.29, 1.82) is 0 Å². The van der Waals surface area contributed by atoms with Gasteiger partial charge in [0.1, 0.15) is 11.6 Å². The van der Waals surface area contributed by atoms with Gasteiger partial charge in [-0.2, -0.15) is 4.98 Å². The molecule has 1 atom stereocenters. The molecule has 1 unspecified atom stereocenters. The number of nitrogens with one attached hydrogen (secondary N) is 1. The largest absolute Gasteiger partial charge is 0.312 e. The number of aromatic nitrogens is 2. The van der Waals surface area contributed by atoms with Gasteiger partial charge in [0.15, 0.2) is 5.16 Å². The average molecular weight is 426 g/mol. The van der Waals surface area contributed by atoms with Gasteiger partial charge in [0.2, 0.25) is 5.91 Å². The Morgan fingerprint density at radius 3 is 2.88 bits per heavy atom. The summed E-state index contributed by atoms with van der Waals surface area (Å²) in [5.41, 5.74) is 0.802. The first-order valence-electron chi connectivity index (χ1n) is 7.90. The number of halogens is 2. The van der Waals surface area contributed by atoms with Crippen LogP contribution in [0.25, 0.3) is 0 Å². The SMILES string of the molecule is CCCSc1nc(=O)c2c(n1C)NC(=O)CC2c1ccc(F)c(Br)c1. The van der Waals surface area contributed by atoms with Crippen LogP contribution in [0.3, 0.4) is 0 Å². The molecule has 0 saturated carbocycles. The quantitative estimate of drug-likeness (QED) is 0.599. The summed E-state index contributed by atoms with van der Waals surface area (Å²) in [5, 5.41) is 3.37. The number of hydrogen-bond donors (Lipinski definition) is 1. The Balaban J connectivity index is 2.14. The van der Waals surface area contributed by atoms with Crippen LogP contribution in [0.1, 0.15) is 36.8 Å².